The zero-order valence-electron chi connectivity index (χ0n) is 15.6. The predicted molar refractivity (Wildman–Crippen MR) is 104 cm³/mol. The maximum absolute atomic E-state index is 11.9. The second-order valence-electron chi connectivity index (χ2n) is 6.89. The smallest absolute Gasteiger partial charge is 0.336 e. The van der Waals surface area contributed by atoms with Crippen LogP contribution in [0.1, 0.15) is 36.5 Å². The fourth-order valence-corrected chi connectivity index (χ4v) is 3.22. The summed E-state index contributed by atoms with van der Waals surface area (Å²) in [7, 11) is 0. The average molecular weight is 352 g/mol. The minimum Gasteiger partial charge on any atom is -0.488 e. The van der Waals surface area contributed by atoms with E-state index < -0.39 is 0 Å². The van der Waals surface area contributed by atoms with Gasteiger partial charge in [-0.1, -0.05) is 32.0 Å². The van der Waals surface area contributed by atoms with Crippen LogP contribution >= 0.6 is 0 Å². The maximum Gasteiger partial charge on any atom is 0.336 e. The molecule has 0 bridgehead atoms. The third-order valence-electron chi connectivity index (χ3n) is 4.54. The minimum atomic E-state index is -0.293. The number of aryl methyl sites for hydroxylation is 1. The highest BCUT2D eigenvalue weighted by atomic mass is 16.5. The number of fused-ring (bicyclic) bond motifs is 1. The maximum atomic E-state index is 11.9. The molecule has 0 aliphatic heterocycles. The molecule has 0 unspecified atom stereocenters. The molecule has 1 heterocycles. The van der Waals surface area contributed by atoms with Crippen molar-refractivity contribution in [2.24, 2.45) is 0 Å². The molecule has 4 heteroatoms. The van der Waals surface area contributed by atoms with Gasteiger partial charge in [0.2, 0.25) is 0 Å². The highest BCUT2D eigenvalue weighted by Gasteiger charge is 2.12. The van der Waals surface area contributed by atoms with Gasteiger partial charge in [0.05, 0.1) is 0 Å². The summed E-state index contributed by atoms with van der Waals surface area (Å²) in [6.45, 7) is 8.59. The third-order valence-corrected chi connectivity index (χ3v) is 4.54. The lowest BCUT2D eigenvalue weighted by Crippen LogP contribution is -2.83. The number of rotatable bonds is 7. The van der Waals surface area contributed by atoms with Crippen LogP contribution in [-0.4, -0.2) is 13.2 Å². The van der Waals surface area contributed by atoms with Gasteiger partial charge in [-0.2, -0.15) is 0 Å². The van der Waals surface area contributed by atoms with E-state index in [2.05, 4.69) is 32.2 Å². The Morgan fingerprint density at radius 1 is 1.12 bits per heavy atom. The largest absolute Gasteiger partial charge is 0.488 e. The molecule has 0 atom stereocenters. The van der Waals surface area contributed by atoms with Crippen molar-refractivity contribution in [2.75, 3.05) is 13.2 Å². The predicted octanol–water partition coefficient (Wildman–Crippen LogP) is 3.37. The van der Waals surface area contributed by atoms with E-state index in [1.54, 1.807) is 6.07 Å². The molecular formula is C22H26NO3+. The van der Waals surface area contributed by atoms with Gasteiger partial charge in [-0.25, -0.2) is 4.79 Å². The van der Waals surface area contributed by atoms with Gasteiger partial charge in [0.15, 0.2) is 0 Å². The average Bonchev–Trinajstić information content (AvgIpc) is 2.61. The number of ether oxygens (including phenoxy) is 1. The summed E-state index contributed by atoms with van der Waals surface area (Å²) >= 11 is 0. The Kier molecular flexibility index (Phi) is 5.74. The van der Waals surface area contributed by atoms with E-state index in [1.165, 1.54) is 5.56 Å². The van der Waals surface area contributed by atoms with Gasteiger partial charge >= 0.3 is 5.63 Å². The molecule has 0 saturated carbocycles. The quantitative estimate of drug-likeness (QED) is 0.524. The lowest BCUT2D eigenvalue weighted by molar-refractivity contribution is -0.671. The summed E-state index contributed by atoms with van der Waals surface area (Å²) in [5.41, 5.74) is 3.84. The monoisotopic (exact) mass is 352 g/mol. The van der Waals surface area contributed by atoms with Gasteiger partial charge in [-0.3, -0.25) is 0 Å². The summed E-state index contributed by atoms with van der Waals surface area (Å²) < 4.78 is 11.1. The molecule has 0 amide bonds. The second kappa shape index (κ2) is 8.19. The molecule has 1 aromatic heterocycles. The van der Waals surface area contributed by atoms with Crippen molar-refractivity contribution in [3.63, 3.8) is 0 Å². The van der Waals surface area contributed by atoms with E-state index in [4.69, 9.17) is 9.15 Å². The molecule has 136 valence electrons. The van der Waals surface area contributed by atoms with E-state index in [-0.39, 0.29) is 5.63 Å². The van der Waals surface area contributed by atoms with Crippen molar-refractivity contribution < 1.29 is 14.5 Å². The molecule has 0 aliphatic rings. The van der Waals surface area contributed by atoms with Gasteiger partial charge in [0.1, 0.15) is 31.0 Å². The fraction of sp³-hybridized carbons (Fsp3) is 0.318. The molecule has 0 saturated heterocycles. The number of hydrogen-bond donors (Lipinski definition) is 1. The lowest BCUT2D eigenvalue weighted by Gasteiger charge is -2.12. The van der Waals surface area contributed by atoms with Crippen molar-refractivity contribution in [1.29, 1.82) is 0 Å². The van der Waals surface area contributed by atoms with Crippen LogP contribution < -0.4 is 15.7 Å². The highest BCUT2D eigenvalue weighted by molar-refractivity contribution is 5.82. The molecule has 3 aromatic rings. The first-order chi connectivity index (χ1) is 12.5. The van der Waals surface area contributed by atoms with Gasteiger partial charge in [0.25, 0.3) is 0 Å². The molecule has 2 N–H and O–H groups in total. The molecule has 0 radical (unpaired) electrons. The Bertz CT molecular complexity index is 929. The first-order valence-corrected chi connectivity index (χ1v) is 9.11. The second-order valence-corrected chi connectivity index (χ2v) is 6.89. The summed E-state index contributed by atoms with van der Waals surface area (Å²) in [6, 6.07) is 15.5. The van der Waals surface area contributed by atoms with E-state index in [0.717, 1.165) is 35.4 Å². The van der Waals surface area contributed by atoms with Crippen LogP contribution in [0.3, 0.4) is 0 Å². The van der Waals surface area contributed by atoms with Crippen molar-refractivity contribution >= 4 is 11.0 Å². The Labute approximate surface area is 153 Å². The van der Waals surface area contributed by atoms with Crippen LogP contribution in [0.15, 0.2) is 57.7 Å². The standard InChI is InChI=1S/C22H25NO3/c1-15(2)19-13-20-17(12-22(24)26-21(20)11-16(19)3)14-23-9-10-25-18-7-5-4-6-8-18/h4-8,11-13,15,23H,9-10,14H2,1-3H3/p+1. The highest BCUT2D eigenvalue weighted by Crippen LogP contribution is 2.26. The van der Waals surface area contributed by atoms with E-state index in [0.29, 0.717) is 18.1 Å². The van der Waals surface area contributed by atoms with Crippen LogP contribution in [0.25, 0.3) is 11.0 Å². The molecule has 0 fully saturated rings. The van der Waals surface area contributed by atoms with Gasteiger partial charge in [-0.15, -0.1) is 0 Å². The number of quaternary nitrogens is 1. The minimum absolute atomic E-state index is 0.293. The molecular weight excluding hydrogens is 326 g/mol. The van der Waals surface area contributed by atoms with Crippen LogP contribution in [0.4, 0.5) is 0 Å². The third kappa shape index (κ3) is 4.33. The van der Waals surface area contributed by atoms with E-state index in [1.807, 2.05) is 36.4 Å². The Morgan fingerprint density at radius 2 is 1.88 bits per heavy atom. The summed E-state index contributed by atoms with van der Waals surface area (Å²) in [5, 5.41) is 3.19. The van der Waals surface area contributed by atoms with Gasteiger partial charge in [0, 0.05) is 17.0 Å². The number of hydrogen-bond acceptors (Lipinski definition) is 3. The van der Waals surface area contributed by atoms with E-state index in [9.17, 15) is 4.79 Å². The number of benzene rings is 2. The van der Waals surface area contributed by atoms with Crippen molar-refractivity contribution in [3.05, 3.63) is 75.6 Å². The van der Waals surface area contributed by atoms with Crippen LogP contribution in [0.5, 0.6) is 5.75 Å². The Hall–Kier alpha value is -2.59. The Morgan fingerprint density at radius 3 is 2.62 bits per heavy atom. The number of para-hydroxylation sites is 1. The van der Waals surface area contributed by atoms with Crippen LogP contribution in [0, 0.1) is 6.92 Å². The number of nitrogens with two attached hydrogens (primary N) is 1. The SMILES string of the molecule is Cc1cc2oc(=O)cc(C[NH2+]CCOc3ccccc3)c2cc1C(C)C. The molecule has 3 rings (SSSR count). The van der Waals surface area contributed by atoms with Crippen LogP contribution in [0.2, 0.25) is 0 Å². The molecule has 4 nitrogen and oxygen atoms in total. The van der Waals surface area contributed by atoms with Crippen molar-refractivity contribution in [3.8, 4) is 5.75 Å². The molecule has 26 heavy (non-hydrogen) atoms. The topological polar surface area (TPSA) is 56.0 Å². The van der Waals surface area contributed by atoms with Gasteiger partial charge in [-0.05, 0) is 48.2 Å². The lowest BCUT2D eigenvalue weighted by atomic mass is 9.95. The van der Waals surface area contributed by atoms with Gasteiger partial charge < -0.3 is 14.5 Å². The normalized spacial score (nSPS) is 11.2. The zero-order valence-corrected chi connectivity index (χ0v) is 15.6. The molecule has 0 aliphatic carbocycles. The molecule has 0 spiro atoms. The first kappa shape index (κ1) is 18.2. The summed E-state index contributed by atoms with van der Waals surface area (Å²) in [6.07, 6.45) is 0. The van der Waals surface area contributed by atoms with Crippen LogP contribution in [-0.2, 0) is 6.54 Å². The van der Waals surface area contributed by atoms with E-state index >= 15 is 0 Å². The fourth-order valence-electron chi connectivity index (χ4n) is 3.22. The summed E-state index contributed by atoms with van der Waals surface area (Å²) in [5.74, 6) is 1.31. The Balaban J connectivity index is 1.70. The molecule has 2 aromatic carbocycles. The first-order valence-electron chi connectivity index (χ1n) is 9.11. The van der Waals surface area contributed by atoms with Crippen molar-refractivity contribution in [1.82, 2.24) is 0 Å². The zero-order chi connectivity index (χ0) is 18.5. The van der Waals surface area contributed by atoms with Crippen molar-refractivity contribution in [2.45, 2.75) is 33.2 Å². The summed E-state index contributed by atoms with van der Waals surface area (Å²) in [4.78, 5) is 11.9.